The average Bonchev–Trinajstić information content (AvgIpc) is 3.26. The van der Waals surface area contributed by atoms with E-state index in [0.717, 1.165) is 17.5 Å². The molecule has 0 saturated heterocycles. The number of aromatic nitrogens is 2. The van der Waals surface area contributed by atoms with Gasteiger partial charge in [0.05, 0.1) is 0 Å². The molecule has 3 N–H and O–H groups in total. The van der Waals surface area contributed by atoms with E-state index in [2.05, 4.69) is 31.1 Å². The van der Waals surface area contributed by atoms with Crippen molar-refractivity contribution in [3.63, 3.8) is 0 Å². The molecule has 1 heterocycles. The Labute approximate surface area is 186 Å². The van der Waals surface area contributed by atoms with Crippen LogP contribution < -0.4 is 16.0 Å². The lowest BCUT2D eigenvalue weighted by Gasteiger charge is -2.11. The predicted molar refractivity (Wildman–Crippen MR) is 121 cm³/mol. The topological polar surface area (TPSA) is 104 Å². The Kier molecular flexibility index (Phi) is 8.00. The summed E-state index contributed by atoms with van der Waals surface area (Å²) >= 11 is 6.01. The molecule has 0 spiro atoms. The van der Waals surface area contributed by atoms with Crippen LogP contribution in [0.25, 0.3) is 11.4 Å². The summed E-state index contributed by atoms with van der Waals surface area (Å²) in [6.45, 7) is 1.26. The minimum atomic E-state index is -0.0909. The summed E-state index contributed by atoms with van der Waals surface area (Å²) in [4.78, 5) is 20.4. The maximum absolute atomic E-state index is 11.7. The van der Waals surface area contributed by atoms with E-state index in [9.17, 15) is 4.79 Å². The van der Waals surface area contributed by atoms with Gasteiger partial charge in [0.15, 0.2) is 5.96 Å². The molecule has 0 radical (unpaired) electrons. The van der Waals surface area contributed by atoms with E-state index < -0.39 is 0 Å². The van der Waals surface area contributed by atoms with E-state index in [4.69, 9.17) is 16.1 Å². The molecular formula is C22H25ClN6O2. The largest absolute Gasteiger partial charge is 0.356 e. The molecule has 0 aliphatic carbocycles. The lowest BCUT2D eigenvalue weighted by atomic mass is 10.1. The Bertz CT molecular complexity index is 1050. The highest BCUT2D eigenvalue weighted by Crippen LogP contribution is 2.19. The maximum Gasteiger partial charge on any atom is 0.251 e. The second kappa shape index (κ2) is 11.1. The van der Waals surface area contributed by atoms with Gasteiger partial charge in [-0.1, -0.05) is 41.0 Å². The normalized spacial score (nSPS) is 11.3. The van der Waals surface area contributed by atoms with Crippen molar-refractivity contribution in [2.45, 2.75) is 12.8 Å². The number of hydrogen-bond acceptors (Lipinski definition) is 5. The SMILES string of the molecule is CN=C(NCCc1cccc(C(=O)NC)c1)NCCc1nc(-c2cccc(Cl)c2)no1. The molecule has 0 atom stereocenters. The van der Waals surface area contributed by atoms with Crippen molar-refractivity contribution < 1.29 is 9.32 Å². The summed E-state index contributed by atoms with van der Waals surface area (Å²) in [5.41, 5.74) is 2.54. The van der Waals surface area contributed by atoms with Gasteiger partial charge in [0.25, 0.3) is 5.91 Å². The summed E-state index contributed by atoms with van der Waals surface area (Å²) in [5.74, 6) is 1.63. The minimum absolute atomic E-state index is 0.0909. The van der Waals surface area contributed by atoms with Gasteiger partial charge in [-0.05, 0) is 36.2 Å². The lowest BCUT2D eigenvalue weighted by Crippen LogP contribution is -2.39. The first-order valence-corrected chi connectivity index (χ1v) is 10.3. The van der Waals surface area contributed by atoms with Crippen molar-refractivity contribution in [2.75, 3.05) is 27.2 Å². The van der Waals surface area contributed by atoms with Crippen molar-refractivity contribution in [1.29, 1.82) is 0 Å². The molecule has 0 bridgehead atoms. The van der Waals surface area contributed by atoms with E-state index in [1.165, 1.54) is 0 Å². The van der Waals surface area contributed by atoms with Gasteiger partial charge in [-0.3, -0.25) is 9.79 Å². The molecule has 0 fully saturated rings. The van der Waals surface area contributed by atoms with Gasteiger partial charge in [-0.2, -0.15) is 4.98 Å². The molecule has 3 aromatic rings. The molecule has 8 nitrogen and oxygen atoms in total. The standard InChI is InChI=1S/C22H25ClN6O2/c1-24-21(30)17-7-3-5-15(13-17)9-11-26-22(25-2)27-12-10-19-28-20(29-31-19)16-6-4-8-18(23)14-16/h3-8,13-14H,9-12H2,1-2H3,(H,24,30)(H2,25,26,27). The van der Waals surface area contributed by atoms with Crippen LogP contribution in [0.5, 0.6) is 0 Å². The minimum Gasteiger partial charge on any atom is -0.356 e. The number of nitrogens with zero attached hydrogens (tertiary/aromatic N) is 3. The van der Waals surface area contributed by atoms with Crippen LogP contribution in [-0.4, -0.2) is 49.2 Å². The Morgan fingerprint density at radius 1 is 1.10 bits per heavy atom. The molecule has 1 aromatic heterocycles. The van der Waals surface area contributed by atoms with Crippen LogP contribution in [0.2, 0.25) is 5.02 Å². The highest BCUT2D eigenvalue weighted by atomic mass is 35.5. The molecule has 0 unspecified atom stereocenters. The van der Waals surface area contributed by atoms with Gasteiger partial charge in [0.2, 0.25) is 11.7 Å². The fraction of sp³-hybridized carbons (Fsp3) is 0.273. The number of benzene rings is 2. The molecule has 0 aliphatic rings. The first kappa shape index (κ1) is 22.3. The molecule has 9 heteroatoms. The second-order valence-corrected chi connectivity index (χ2v) is 7.16. The zero-order chi connectivity index (χ0) is 22.1. The van der Waals surface area contributed by atoms with E-state index in [1.807, 2.05) is 30.3 Å². The summed E-state index contributed by atoms with van der Waals surface area (Å²) in [7, 11) is 3.34. The fourth-order valence-electron chi connectivity index (χ4n) is 2.95. The summed E-state index contributed by atoms with van der Waals surface area (Å²) in [6, 6.07) is 14.9. The van der Waals surface area contributed by atoms with Crippen LogP contribution >= 0.6 is 11.6 Å². The van der Waals surface area contributed by atoms with Gasteiger partial charge in [-0.15, -0.1) is 0 Å². The molecule has 162 valence electrons. The van der Waals surface area contributed by atoms with Gasteiger partial charge in [0.1, 0.15) is 0 Å². The number of rotatable bonds is 8. The number of carbonyl (C=O) groups is 1. The van der Waals surface area contributed by atoms with E-state index in [0.29, 0.717) is 47.8 Å². The first-order valence-electron chi connectivity index (χ1n) is 9.93. The number of hydrogen-bond donors (Lipinski definition) is 3. The number of carbonyl (C=O) groups excluding carboxylic acids is 1. The van der Waals surface area contributed by atoms with Crippen molar-refractivity contribution in [3.8, 4) is 11.4 Å². The predicted octanol–water partition coefficient (Wildman–Crippen LogP) is 2.70. The van der Waals surface area contributed by atoms with Gasteiger partial charge in [0, 0.05) is 49.8 Å². The van der Waals surface area contributed by atoms with Crippen molar-refractivity contribution >= 4 is 23.5 Å². The highest BCUT2D eigenvalue weighted by Gasteiger charge is 2.09. The maximum atomic E-state index is 11.7. The van der Waals surface area contributed by atoms with Crippen LogP contribution in [0.3, 0.4) is 0 Å². The van der Waals surface area contributed by atoms with E-state index in [1.54, 1.807) is 32.3 Å². The Morgan fingerprint density at radius 3 is 2.61 bits per heavy atom. The van der Waals surface area contributed by atoms with Gasteiger partial charge in [-0.25, -0.2) is 0 Å². The molecule has 3 rings (SSSR count). The molecular weight excluding hydrogens is 416 g/mol. The second-order valence-electron chi connectivity index (χ2n) is 6.73. The number of nitrogens with one attached hydrogen (secondary N) is 3. The first-order chi connectivity index (χ1) is 15.1. The zero-order valence-electron chi connectivity index (χ0n) is 17.5. The van der Waals surface area contributed by atoms with E-state index in [-0.39, 0.29) is 5.91 Å². The highest BCUT2D eigenvalue weighted by molar-refractivity contribution is 6.30. The molecule has 0 aliphatic heterocycles. The number of halogens is 1. The van der Waals surface area contributed by atoms with Crippen LogP contribution in [0, 0.1) is 0 Å². The van der Waals surface area contributed by atoms with Crippen molar-refractivity contribution in [2.24, 2.45) is 4.99 Å². The van der Waals surface area contributed by atoms with Crippen molar-refractivity contribution in [3.05, 3.63) is 70.6 Å². The number of amides is 1. The summed E-state index contributed by atoms with van der Waals surface area (Å²) < 4.78 is 5.32. The molecule has 1 amide bonds. The van der Waals surface area contributed by atoms with Crippen molar-refractivity contribution in [1.82, 2.24) is 26.1 Å². The molecule has 0 saturated carbocycles. The smallest absolute Gasteiger partial charge is 0.251 e. The van der Waals surface area contributed by atoms with Crippen LogP contribution in [0.15, 0.2) is 58.0 Å². The number of aliphatic imine (C=N–C) groups is 1. The molecule has 31 heavy (non-hydrogen) atoms. The Balaban J connectivity index is 1.44. The van der Waals surface area contributed by atoms with Crippen LogP contribution in [-0.2, 0) is 12.8 Å². The fourth-order valence-corrected chi connectivity index (χ4v) is 3.14. The molecule has 2 aromatic carbocycles. The third-order valence-electron chi connectivity index (χ3n) is 4.53. The lowest BCUT2D eigenvalue weighted by molar-refractivity contribution is 0.0963. The monoisotopic (exact) mass is 440 g/mol. The summed E-state index contributed by atoms with van der Waals surface area (Å²) in [6.07, 6.45) is 1.32. The quantitative estimate of drug-likeness (QED) is 0.367. The third-order valence-corrected chi connectivity index (χ3v) is 4.76. The van der Waals surface area contributed by atoms with Crippen LogP contribution in [0.4, 0.5) is 0 Å². The van der Waals surface area contributed by atoms with Gasteiger partial charge < -0.3 is 20.5 Å². The zero-order valence-corrected chi connectivity index (χ0v) is 18.2. The Morgan fingerprint density at radius 2 is 1.87 bits per heavy atom. The van der Waals surface area contributed by atoms with Crippen LogP contribution in [0.1, 0.15) is 21.8 Å². The Hall–Kier alpha value is -3.39. The number of guanidine groups is 1. The summed E-state index contributed by atoms with van der Waals surface area (Å²) in [5, 5.41) is 13.8. The third kappa shape index (κ3) is 6.55. The van der Waals surface area contributed by atoms with E-state index >= 15 is 0 Å². The average molecular weight is 441 g/mol. The van der Waals surface area contributed by atoms with Gasteiger partial charge >= 0.3 is 0 Å².